The molecule has 2 unspecified atom stereocenters. The molecule has 2 rings (SSSR count). The third kappa shape index (κ3) is 3.78. The summed E-state index contributed by atoms with van der Waals surface area (Å²) in [5, 5.41) is 11.9. The largest absolute Gasteiger partial charge is 0.392 e. The van der Waals surface area contributed by atoms with Gasteiger partial charge in [0.05, 0.1) is 6.10 Å². The molecule has 0 aliphatic carbocycles. The molecule has 1 aliphatic heterocycles. The third-order valence-corrected chi connectivity index (χ3v) is 5.18. The lowest BCUT2D eigenvalue weighted by Crippen LogP contribution is -2.27. The molecule has 0 bridgehead atoms. The van der Waals surface area contributed by atoms with E-state index in [0.29, 0.717) is 21.7 Å². The Kier molecular flexibility index (Phi) is 5.04. The first-order chi connectivity index (χ1) is 8.16. The van der Waals surface area contributed by atoms with Crippen LogP contribution in [-0.2, 0) is 6.42 Å². The molecule has 1 saturated heterocycles. The van der Waals surface area contributed by atoms with Crippen molar-refractivity contribution in [3.63, 3.8) is 0 Å². The summed E-state index contributed by atoms with van der Waals surface area (Å²) in [5.41, 5.74) is 0.981. The minimum Gasteiger partial charge on any atom is -0.392 e. The van der Waals surface area contributed by atoms with Gasteiger partial charge in [0.25, 0.3) is 0 Å². The molecule has 0 amide bonds. The standard InChI is InChI=1S/C13H16Cl2OS/c14-10-5-4-9(11(15)8-10)7-12(16)13-3-1-2-6-17-13/h4-5,8,12-13,16H,1-3,6-7H2. The number of aliphatic hydroxyl groups is 1. The van der Waals surface area contributed by atoms with Crippen LogP contribution in [0.1, 0.15) is 24.8 Å². The summed E-state index contributed by atoms with van der Waals surface area (Å²) in [4.78, 5) is 0. The second-order valence-electron chi connectivity index (χ2n) is 4.41. The van der Waals surface area contributed by atoms with E-state index in [1.54, 1.807) is 6.07 Å². The van der Waals surface area contributed by atoms with E-state index in [2.05, 4.69) is 0 Å². The van der Waals surface area contributed by atoms with Crippen molar-refractivity contribution in [2.24, 2.45) is 0 Å². The second kappa shape index (κ2) is 6.33. The van der Waals surface area contributed by atoms with Crippen molar-refractivity contribution in [3.05, 3.63) is 33.8 Å². The molecule has 0 saturated carbocycles. The van der Waals surface area contributed by atoms with Gasteiger partial charge in [-0.15, -0.1) is 0 Å². The van der Waals surface area contributed by atoms with Crippen molar-refractivity contribution in [2.75, 3.05) is 5.75 Å². The first-order valence-corrected chi connectivity index (χ1v) is 7.71. The molecule has 0 spiro atoms. The van der Waals surface area contributed by atoms with Gasteiger partial charge in [0, 0.05) is 21.7 Å². The van der Waals surface area contributed by atoms with Crippen LogP contribution in [0.15, 0.2) is 18.2 Å². The van der Waals surface area contributed by atoms with E-state index in [1.807, 2.05) is 23.9 Å². The van der Waals surface area contributed by atoms with Crippen molar-refractivity contribution in [2.45, 2.75) is 37.0 Å². The molecule has 0 aromatic heterocycles. The van der Waals surface area contributed by atoms with Crippen LogP contribution in [0.2, 0.25) is 10.0 Å². The molecule has 1 aromatic rings. The second-order valence-corrected chi connectivity index (χ2v) is 6.60. The SMILES string of the molecule is OC(Cc1ccc(Cl)cc1Cl)C1CCCCS1. The Labute approximate surface area is 117 Å². The molecular weight excluding hydrogens is 275 g/mol. The molecular formula is C13H16Cl2OS. The monoisotopic (exact) mass is 290 g/mol. The van der Waals surface area contributed by atoms with Gasteiger partial charge in [-0.05, 0) is 36.3 Å². The number of rotatable bonds is 3. The number of benzene rings is 1. The smallest absolute Gasteiger partial charge is 0.0699 e. The molecule has 0 radical (unpaired) electrons. The lowest BCUT2D eigenvalue weighted by atomic mass is 10.0. The van der Waals surface area contributed by atoms with Crippen LogP contribution in [0, 0.1) is 0 Å². The lowest BCUT2D eigenvalue weighted by Gasteiger charge is -2.26. The third-order valence-electron chi connectivity index (χ3n) is 3.09. The van der Waals surface area contributed by atoms with Gasteiger partial charge in [-0.1, -0.05) is 35.7 Å². The number of hydrogen-bond acceptors (Lipinski definition) is 2. The fourth-order valence-corrected chi connectivity index (χ4v) is 3.92. The molecule has 1 fully saturated rings. The maximum atomic E-state index is 10.2. The molecule has 1 aliphatic rings. The van der Waals surface area contributed by atoms with Crippen LogP contribution < -0.4 is 0 Å². The summed E-state index contributed by atoms with van der Waals surface area (Å²) in [5.74, 6) is 1.16. The van der Waals surface area contributed by atoms with Gasteiger partial charge in [0.15, 0.2) is 0 Å². The zero-order valence-corrected chi connectivity index (χ0v) is 11.9. The molecule has 1 heterocycles. The van der Waals surface area contributed by atoms with Gasteiger partial charge < -0.3 is 5.11 Å². The maximum absolute atomic E-state index is 10.2. The first kappa shape index (κ1) is 13.5. The van der Waals surface area contributed by atoms with Crippen LogP contribution in [0.3, 0.4) is 0 Å². The highest BCUT2D eigenvalue weighted by Crippen LogP contribution is 2.30. The lowest BCUT2D eigenvalue weighted by molar-refractivity contribution is 0.166. The van der Waals surface area contributed by atoms with Crippen molar-refractivity contribution >= 4 is 35.0 Å². The van der Waals surface area contributed by atoms with E-state index in [1.165, 1.54) is 12.8 Å². The predicted octanol–water partition coefficient (Wildman–Crippen LogP) is 4.18. The van der Waals surface area contributed by atoms with Gasteiger partial charge in [0.1, 0.15) is 0 Å². The quantitative estimate of drug-likeness (QED) is 0.901. The van der Waals surface area contributed by atoms with Crippen LogP contribution in [0.5, 0.6) is 0 Å². The highest BCUT2D eigenvalue weighted by atomic mass is 35.5. The summed E-state index contributed by atoms with van der Waals surface area (Å²) >= 11 is 13.8. The van der Waals surface area contributed by atoms with E-state index in [-0.39, 0.29) is 6.10 Å². The Morgan fingerprint density at radius 3 is 2.82 bits per heavy atom. The average molecular weight is 291 g/mol. The number of thioether (sulfide) groups is 1. The average Bonchev–Trinajstić information content (AvgIpc) is 2.34. The first-order valence-electron chi connectivity index (χ1n) is 5.90. The summed E-state index contributed by atoms with van der Waals surface area (Å²) in [6.07, 6.45) is 3.92. The zero-order valence-electron chi connectivity index (χ0n) is 9.53. The van der Waals surface area contributed by atoms with Gasteiger partial charge in [0.2, 0.25) is 0 Å². The van der Waals surface area contributed by atoms with Gasteiger partial charge >= 0.3 is 0 Å². The Morgan fingerprint density at radius 2 is 2.18 bits per heavy atom. The van der Waals surface area contributed by atoms with Crippen molar-refractivity contribution in [1.29, 1.82) is 0 Å². The van der Waals surface area contributed by atoms with Crippen LogP contribution in [0.4, 0.5) is 0 Å². The molecule has 2 atom stereocenters. The molecule has 1 aromatic carbocycles. The fraction of sp³-hybridized carbons (Fsp3) is 0.538. The molecule has 1 N–H and O–H groups in total. The molecule has 4 heteroatoms. The van der Waals surface area contributed by atoms with E-state index in [9.17, 15) is 5.11 Å². The number of halogens is 2. The normalized spacial score (nSPS) is 22.4. The minimum atomic E-state index is -0.307. The number of aliphatic hydroxyl groups excluding tert-OH is 1. The summed E-state index contributed by atoms with van der Waals surface area (Å²) < 4.78 is 0. The summed E-state index contributed by atoms with van der Waals surface area (Å²) in [6.45, 7) is 0. The van der Waals surface area contributed by atoms with Gasteiger partial charge in [-0.3, -0.25) is 0 Å². The predicted molar refractivity (Wildman–Crippen MR) is 76.3 cm³/mol. The zero-order chi connectivity index (χ0) is 12.3. The van der Waals surface area contributed by atoms with Crippen LogP contribution in [-0.4, -0.2) is 22.2 Å². The van der Waals surface area contributed by atoms with E-state index in [0.717, 1.165) is 17.7 Å². The van der Waals surface area contributed by atoms with E-state index in [4.69, 9.17) is 23.2 Å². The van der Waals surface area contributed by atoms with Crippen molar-refractivity contribution in [1.82, 2.24) is 0 Å². The Bertz CT molecular complexity index is 378. The Hall–Kier alpha value is 0.110. The maximum Gasteiger partial charge on any atom is 0.0699 e. The summed E-state index contributed by atoms with van der Waals surface area (Å²) in [7, 11) is 0. The van der Waals surface area contributed by atoms with Crippen LogP contribution in [0.25, 0.3) is 0 Å². The van der Waals surface area contributed by atoms with Crippen molar-refractivity contribution < 1.29 is 5.11 Å². The Morgan fingerprint density at radius 1 is 1.35 bits per heavy atom. The molecule has 94 valence electrons. The van der Waals surface area contributed by atoms with Gasteiger partial charge in [-0.25, -0.2) is 0 Å². The number of hydrogen-bond donors (Lipinski definition) is 1. The van der Waals surface area contributed by atoms with E-state index >= 15 is 0 Å². The van der Waals surface area contributed by atoms with Gasteiger partial charge in [-0.2, -0.15) is 11.8 Å². The Balaban J connectivity index is 1.99. The molecule has 17 heavy (non-hydrogen) atoms. The van der Waals surface area contributed by atoms with Crippen molar-refractivity contribution in [3.8, 4) is 0 Å². The summed E-state index contributed by atoms with van der Waals surface area (Å²) in [6, 6.07) is 5.46. The topological polar surface area (TPSA) is 20.2 Å². The fourth-order valence-electron chi connectivity index (χ4n) is 2.11. The highest BCUT2D eigenvalue weighted by Gasteiger charge is 2.23. The molecule has 1 nitrogen and oxygen atoms in total. The highest BCUT2D eigenvalue weighted by molar-refractivity contribution is 8.00. The van der Waals surface area contributed by atoms with E-state index < -0.39 is 0 Å². The van der Waals surface area contributed by atoms with Crippen LogP contribution >= 0.6 is 35.0 Å². The minimum absolute atomic E-state index is 0.307.